The van der Waals surface area contributed by atoms with Crippen LogP contribution in [0.25, 0.3) is 0 Å². The van der Waals surface area contributed by atoms with Gasteiger partial charge in [-0.15, -0.1) is 0 Å². The SMILES string of the molecule is Cc1ccc2c(c1C)N(Cc1ccccc1Br)C(=O)C2=O. The van der Waals surface area contributed by atoms with E-state index in [0.717, 1.165) is 26.9 Å². The zero-order valence-electron chi connectivity index (χ0n) is 11.8. The lowest BCUT2D eigenvalue weighted by molar-refractivity contribution is -0.114. The number of anilines is 1. The van der Waals surface area contributed by atoms with E-state index in [1.807, 2.05) is 44.2 Å². The number of benzene rings is 2. The molecule has 106 valence electrons. The number of ketones is 1. The van der Waals surface area contributed by atoms with Crippen LogP contribution in [0.4, 0.5) is 5.69 Å². The molecule has 0 fully saturated rings. The van der Waals surface area contributed by atoms with E-state index in [9.17, 15) is 9.59 Å². The third-order valence-electron chi connectivity index (χ3n) is 3.94. The number of amides is 1. The molecule has 4 heteroatoms. The highest BCUT2D eigenvalue weighted by atomic mass is 79.9. The average Bonchev–Trinajstić information content (AvgIpc) is 2.71. The number of Topliss-reactive ketones (excluding diaryl/α,β-unsaturated/α-hetero) is 1. The van der Waals surface area contributed by atoms with E-state index >= 15 is 0 Å². The Morgan fingerprint density at radius 2 is 1.76 bits per heavy atom. The maximum atomic E-state index is 12.3. The lowest BCUT2D eigenvalue weighted by Gasteiger charge is -2.20. The first-order valence-corrected chi connectivity index (χ1v) is 7.50. The molecule has 0 saturated carbocycles. The van der Waals surface area contributed by atoms with E-state index in [2.05, 4.69) is 15.9 Å². The maximum Gasteiger partial charge on any atom is 0.299 e. The normalized spacial score (nSPS) is 13.8. The number of halogens is 1. The number of aryl methyl sites for hydroxylation is 1. The third-order valence-corrected chi connectivity index (χ3v) is 4.72. The third kappa shape index (κ3) is 2.20. The van der Waals surface area contributed by atoms with Crippen molar-refractivity contribution in [2.75, 3.05) is 4.90 Å². The fourth-order valence-electron chi connectivity index (χ4n) is 2.62. The van der Waals surface area contributed by atoms with Crippen molar-refractivity contribution in [2.45, 2.75) is 20.4 Å². The zero-order valence-corrected chi connectivity index (χ0v) is 13.4. The standard InChI is InChI=1S/C17H14BrNO2/c1-10-7-8-13-15(11(10)2)19(17(21)16(13)20)9-12-5-3-4-6-14(12)18/h3-8H,9H2,1-2H3. The van der Waals surface area contributed by atoms with Crippen LogP contribution in [0.2, 0.25) is 0 Å². The van der Waals surface area contributed by atoms with Crippen LogP contribution in [-0.2, 0) is 11.3 Å². The number of fused-ring (bicyclic) bond motifs is 1. The van der Waals surface area contributed by atoms with Gasteiger partial charge in [-0.05, 0) is 42.7 Å². The summed E-state index contributed by atoms with van der Waals surface area (Å²) in [5, 5.41) is 0. The lowest BCUT2D eigenvalue weighted by Crippen LogP contribution is -2.29. The lowest BCUT2D eigenvalue weighted by atomic mass is 10.0. The molecule has 0 saturated heterocycles. The molecule has 1 aliphatic rings. The van der Waals surface area contributed by atoms with Crippen molar-refractivity contribution in [3.05, 3.63) is 63.1 Å². The van der Waals surface area contributed by atoms with Gasteiger partial charge in [0.2, 0.25) is 0 Å². The molecule has 0 aromatic heterocycles. The quantitative estimate of drug-likeness (QED) is 0.778. The van der Waals surface area contributed by atoms with Crippen LogP contribution in [0.1, 0.15) is 27.0 Å². The monoisotopic (exact) mass is 343 g/mol. The van der Waals surface area contributed by atoms with Gasteiger partial charge >= 0.3 is 0 Å². The van der Waals surface area contributed by atoms with E-state index < -0.39 is 11.7 Å². The molecule has 0 radical (unpaired) electrons. The minimum atomic E-state index is -0.450. The van der Waals surface area contributed by atoms with Crippen LogP contribution in [0.3, 0.4) is 0 Å². The van der Waals surface area contributed by atoms with Gasteiger partial charge in [0.15, 0.2) is 0 Å². The smallest absolute Gasteiger partial charge is 0.299 e. The fraction of sp³-hybridized carbons (Fsp3) is 0.176. The Bertz CT molecular complexity index is 767. The van der Waals surface area contributed by atoms with Gasteiger partial charge in [-0.25, -0.2) is 0 Å². The van der Waals surface area contributed by atoms with Crippen molar-refractivity contribution < 1.29 is 9.59 Å². The Morgan fingerprint density at radius 1 is 1.05 bits per heavy atom. The van der Waals surface area contributed by atoms with Gasteiger partial charge in [-0.1, -0.05) is 40.2 Å². The number of carbonyl (C=O) groups is 2. The van der Waals surface area contributed by atoms with Crippen molar-refractivity contribution in [1.29, 1.82) is 0 Å². The summed E-state index contributed by atoms with van der Waals surface area (Å²) in [5.41, 5.74) is 4.30. The van der Waals surface area contributed by atoms with Gasteiger partial charge in [0.05, 0.1) is 17.8 Å². The van der Waals surface area contributed by atoms with Gasteiger partial charge in [-0.2, -0.15) is 0 Å². The van der Waals surface area contributed by atoms with Crippen LogP contribution in [0.15, 0.2) is 40.9 Å². The summed E-state index contributed by atoms with van der Waals surface area (Å²) in [6.45, 7) is 4.33. The molecule has 3 nitrogen and oxygen atoms in total. The van der Waals surface area contributed by atoms with Gasteiger partial charge < -0.3 is 4.90 Å². The highest BCUT2D eigenvalue weighted by Gasteiger charge is 2.37. The van der Waals surface area contributed by atoms with Crippen molar-refractivity contribution in [3.8, 4) is 0 Å². The number of hydrogen-bond donors (Lipinski definition) is 0. The summed E-state index contributed by atoms with van der Waals surface area (Å²) < 4.78 is 0.934. The van der Waals surface area contributed by atoms with Gasteiger partial charge in [-0.3, -0.25) is 9.59 Å². The second kappa shape index (κ2) is 5.11. The summed E-state index contributed by atoms with van der Waals surface area (Å²) in [7, 11) is 0. The molecule has 21 heavy (non-hydrogen) atoms. The van der Waals surface area contributed by atoms with E-state index in [1.165, 1.54) is 0 Å². The summed E-state index contributed by atoms with van der Waals surface area (Å²) in [6.07, 6.45) is 0. The average molecular weight is 344 g/mol. The van der Waals surface area contributed by atoms with Crippen LogP contribution in [0.5, 0.6) is 0 Å². The molecule has 0 spiro atoms. The van der Waals surface area contributed by atoms with E-state index in [1.54, 1.807) is 11.0 Å². The number of carbonyl (C=O) groups excluding carboxylic acids is 2. The molecule has 1 amide bonds. The van der Waals surface area contributed by atoms with Crippen molar-refractivity contribution in [3.63, 3.8) is 0 Å². The summed E-state index contributed by atoms with van der Waals surface area (Å²) in [4.78, 5) is 26.0. The Hall–Kier alpha value is -1.94. The first-order valence-electron chi connectivity index (χ1n) is 6.70. The minimum absolute atomic E-state index is 0.392. The van der Waals surface area contributed by atoms with Crippen LogP contribution >= 0.6 is 15.9 Å². The Balaban J connectivity index is 2.09. The first-order chi connectivity index (χ1) is 10.0. The largest absolute Gasteiger partial charge is 0.300 e. The Morgan fingerprint density at radius 3 is 2.48 bits per heavy atom. The van der Waals surface area contributed by atoms with Crippen molar-refractivity contribution >= 4 is 33.3 Å². The molecule has 2 aromatic carbocycles. The Labute approximate surface area is 131 Å². The summed E-state index contributed by atoms with van der Waals surface area (Å²) in [5.74, 6) is -0.866. The number of hydrogen-bond acceptors (Lipinski definition) is 2. The second-order valence-corrected chi connectivity index (χ2v) is 6.07. The molecule has 3 rings (SSSR count). The van der Waals surface area contributed by atoms with Gasteiger partial charge in [0.25, 0.3) is 11.7 Å². The van der Waals surface area contributed by atoms with Gasteiger partial charge in [0.1, 0.15) is 0 Å². The molecule has 0 bridgehead atoms. The number of rotatable bonds is 2. The second-order valence-electron chi connectivity index (χ2n) is 5.22. The molecule has 0 unspecified atom stereocenters. The van der Waals surface area contributed by atoms with Crippen molar-refractivity contribution in [2.24, 2.45) is 0 Å². The van der Waals surface area contributed by atoms with E-state index in [-0.39, 0.29) is 0 Å². The molecular weight excluding hydrogens is 330 g/mol. The van der Waals surface area contributed by atoms with Crippen LogP contribution < -0.4 is 4.90 Å². The van der Waals surface area contributed by atoms with Gasteiger partial charge in [0, 0.05) is 4.47 Å². The maximum absolute atomic E-state index is 12.3. The molecule has 0 atom stereocenters. The number of nitrogens with zero attached hydrogens (tertiary/aromatic N) is 1. The van der Waals surface area contributed by atoms with Crippen molar-refractivity contribution in [1.82, 2.24) is 0 Å². The first kappa shape index (κ1) is 14.0. The molecule has 0 N–H and O–H groups in total. The van der Waals surface area contributed by atoms with E-state index in [0.29, 0.717) is 12.1 Å². The summed E-state index contributed by atoms with van der Waals surface area (Å²) in [6, 6.07) is 11.4. The topological polar surface area (TPSA) is 37.4 Å². The predicted octanol–water partition coefficient (Wildman–Crippen LogP) is 3.80. The fourth-order valence-corrected chi connectivity index (χ4v) is 3.03. The van der Waals surface area contributed by atoms with E-state index in [4.69, 9.17) is 0 Å². The molecule has 2 aromatic rings. The van der Waals surface area contributed by atoms with Crippen LogP contribution in [-0.4, -0.2) is 11.7 Å². The zero-order chi connectivity index (χ0) is 15.1. The summed E-state index contributed by atoms with van der Waals surface area (Å²) >= 11 is 3.49. The molecule has 1 heterocycles. The van der Waals surface area contributed by atoms with Crippen LogP contribution in [0, 0.1) is 13.8 Å². The molecule has 0 aliphatic carbocycles. The highest BCUT2D eigenvalue weighted by molar-refractivity contribution is 9.10. The minimum Gasteiger partial charge on any atom is -0.300 e. The Kier molecular flexibility index (Phi) is 3.41. The molecule has 1 aliphatic heterocycles. The highest BCUT2D eigenvalue weighted by Crippen LogP contribution is 2.35. The predicted molar refractivity (Wildman–Crippen MR) is 85.6 cm³/mol. The molecular formula is C17H14BrNO2.